The predicted molar refractivity (Wildman–Crippen MR) is 97.6 cm³/mol. The van der Waals surface area contributed by atoms with E-state index >= 15 is 0 Å². The second-order valence-electron chi connectivity index (χ2n) is 6.18. The third kappa shape index (κ3) is 4.70. The summed E-state index contributed by atoms with van der Waals surface area (Å²) >= 11 is 0. The van der Waals surface area contributed by atoms with Crippen LogP contribution < -0.4 is 15.0 Å². The number of carbonyl (C=O) groups is 1. The largest absolute Gasteiger partial charge is 0.479 e. The van der Waals surface area contributed by atoms with Gasteiger partial charge in [0, 0.05) is 14.1 Å². The zero-order chi connectivity index (χ0) is 18.4. The first-order valence-electron chi connectivity index (χ1n) is 8.02. The molecule has 1 aromatic carbocycles. The van der Waals surface area contributed by atoms with Gasteiger partial charge in [0.2, 0.25) is 0 Å². The number of amides is 1. The van der Waals surface area contributed by atoms with Crippen molar-refractivity contribution in [1.82, 2.24) is 4.98 Å². The van der Waals surface area contributed by atoms with Crippen molar-refractivity contribution in [3.63, 3.8) is 0 Å². The molecule has 0 aliphatic heterocycles. The van der Waals surface area contributed by atoms with Gasteiger partial charge in [-0.2, -0.15) is 5.26 Å². The molecule has 1 N–H and O–H groups in total. The molecule has 2 aromatic rings. The first-order chi connectivity index (χ1) is 11.9. The minimum absolute atomic E-state index is 0.0761. The Balaban J connectivity index is 2.14. The van der Waals surface area contributed by atoms with Gasteiger partial charge in [0.25, 0.3) is 5.91 Å². The van der Waals surface area contributed by atoms with Crippen LogP contribution in [0.15, 0.2) is 42.6 Å². The highest BCUT2D eigenvalue weighted by atomic mass is 16.5. The van der Waals surface area contributed by atoms with Gasteiger partial charge in [0.05, 0.1) is 17.4 Å². The average Bonchev–Trinajstić information content (AvgIpc) is 2.60. The van der Waals surface area contributed by atoms with E-state index in [9.17, 15) is 4.79 Å². The van der Waals surface area contributed by atoms with Gasteiger partial charge in [-0.1, -0.05) is 26.0 Å². The highest BCUT2D eigenvalue weighted by molar-refractivity contribution is 5.93. The Morgan fingerprint density at radius 1 is 1.24 bits per heavy atom. The van der Waals surface area contributed by atoms with Crippen molar-refractivity contribution in [2.75, 3.05) is 24.3 Å². The predicted octanol–water partition coefficient (Wildman–Crippen LogP) is 3.06. The molecule has 1 heterocycles. The Labute approximate surface area is 148 Å². The number of anilines is 2. The molecule has 130 valence electrons. The van der Waals surface area contributed by atoms with E-state index in [0.29, 0.717) is 17.1 Å². The minimum Gasteiger partial charge on any atom is -0.479 e. The summed E-state index contributed by atoms with van der Waals surface area (Å²) < 4.78 is 5.82. The number of rotatable bonds is 6. The van der Waals surface area contributed by atoms with Gasteiger partial charge >= 0.3 is 0 Å². The van der Waals surface area contributed by atoms with Crippen LogP contribution in [0.5, 0.6) is 5.75 Å². The van der Waals surface area contributed by atoms with Gasteiger partial charge in [-0.05, 0) is 30.2 Å². The van der Waals surface area contributed by atoms with E-state index in [0.717, 1.165) is 5.69 Å². The van der Waals surface area contributed by atoms with Gasteiger partial charge in [-0.25, -0.2) is 4.98 Å². The fraction of sp³-hybridized carbons (Fsp3) is 0.316. The van der Waals surface area contributed by atoms with Crippen molar-refractivity contribution < 1.29 is 9.53 Å². The van der Waals surface area contributed by atoms with Gasteiger partial charge in [0.1, 0.15) is 17.6 Å². The molecule has 25 heavy (non-hydrogen) atoms. The number of para-hydroxylation sites is 1. The summed E-state index contributed by atoms with van der Waals surface area (Å²) in [6, 6.07) is 12.6. The molecule has 1 amide bonds. The van der Waals surface area contributed by atoms with Gasteiger partial charge in [-0.15, -0.1) is 0 Å². The van der Waals surface area contributed by atoms with Crippen molar-refractivity contribution in [3.8, 4) is 11.8 Å². The zero-order valence-corrected chi connectivity index (χ0v) is 14.9. The van der Waals surface area contributed by atoms with Crippen molar-refractivity contribution in [1.29, 1.82) is 5.26 Å². The molecule has 0 spiro atoms. The van der Waals surface area contributed by atoms with Crippen LogP contribution in [0.4, 0.5) is 11.5 Å². The normalized spacial score (nSPS) is 11.5. The molecule has 6 heteroatoms. The van der Waals surface area contributed by atoms with E-state index < -0.39 is 6.10 Å². The number of hydrogen-bond acceptors (Lipinski definition) is 5. The number of nitrogens with one attached hydrogen (secondary N) is 1. The summed E-state index contributed by atoms with van der Waals surface area (Å²) in [7, 11) is 3.84. The highest BCUT2D eigenvalue weighted by Crippen LogP contribution is 2.21. The van der Waals surface area contributed by atoms with E-state index in [4.69, 9.17) is 10.00 Å². The van der Waals surface area contributed by atoms with E-state index in [2.05, 4.69) is 16.4 Å². The Bertz CT molecular complexity index is 764. The van der Waals surface area contributed by atoms with Crippen LogP contribution >= 0.6 is 0 Å². The highest BCUT2D eigenvalue weighted by Gasteiger charge is 2.25. The van der Waals surface area contributed by atoms with Crippen LogP contribution in [0.2, 0.25) is 0 Å². The average molecular weight is 338 g/mol. The molecule has 1 atom stereocenters. The number of nitrogens with zero attached hydrogens (tertiary/aromatic N) is 3. The molecule has 0 saturated carbocycles. The number of aromatic nitrogens is 1. The SMILES string of the molecule is CC(C)C(Oc1ccccc1C#N)C(=O)Nc1ccc(N(C)C)cn1. The molecule has 1 unspecified atom stereocenters. The third-order valence-corrected chi connectivity index (χ3v) is 3.64. The lowest BCUT2D eigenvalue weighted by Gasteiger charge is -2.22. The van der Waals surface area contributed by atoms with Crippen LogP contribution in [0.3, 0.4) is 0 Å². The summed E-state index contributed by atoms with van der Waals surface area (Å²) in [4.78, 5) is 18.8. The summed E-state index contributed by atoms with van der Waals surface area (Å²) in [5, 5.41) is 11.9. The second kappa shape index (κ2) is 8.15. The zero-order valence-electron chi connectivity index (χ0n) is 14.9. The maximum atomic E-state index is 12.6. The quantitative estimate of drug-likeness (QED) is 0.876. The van der Waals surface area contributed by atoms with Gasteiger partial charge in [0.15, 0.2) is 6.10 Å². The molecule has 6 nitrogen and oxygen atoms in total. The lowest BCUT2D eigenvalue weighted by Crippen LogP contribution is -2.37. The Kier molecular flexibility index (Phi) is 5.96. The van der Waals surface area contributed by atoms with Crippen molar-refractivity contribution in [2.24, 2.45) is 5.92 Å². The summed E-state index contributed by atoms with van der Waals surface area (Å²) in [6.45, 7) is 3.78. The molecule has 2 rings (SSSR count). The molecular weight excluding hydrogens is 316 g/mol. The van der Waals surface area contributed by atoms with E-state index in [1.165, 1.54) is 0 Å². The molecule has 1 aromatic heterocycles. The summed E-state index contributed by atoms with van der Waals surface area (Å²) in [5.74, 6) is 0.480. The number of ether oxygens (including phenoxy) is 1. The lowest BCUT2D eigenvalue weighted by molar-refractivity contribution is -0.124. The van der Waals surface area contributed by atoms with Crippen molar-refractivity contribution in [3.05, 3.63) is 48.2 Å². The van der Waals surface area contributed by atoms with Crippen molar-refractivity contribution in [2.45, 2.75) is 20.0 Å². The Morgan fingerprint density at radius 3 is 2.52 bits per heavy atom. The second-order valence-corrected chi connectivity index (χ2v) is 6.18. The molecule has 0 aliphatic carbocycles. The van der Waals surface area contributed by atoms with Crippen LogP contribution in [-0.2, 0) is 4.79 Å². The fourth-order valence-electron chi connectivity index (χ4n) is 2.21. The van der Waals surface area contributed by atoms with Crippen LogP contribution in [-0.4, -0.2) is 31.1 Å². The van der Waals surface area contributed by atoms with Gasteiger partial charge in [-0.3, -0.25) is 4.79 Å². The Hall–Kier alpha value is -3.07. The topological polar surface area (TPSA) is 78.2 Å². The number of pyridine rings is 1. The molecular formula is C19H22N4O2. The third-order valence-electron chi connectivity index (χ3n) is 3.64. The van der Waals surface area contributed by atoms with Crippen LogP contribution in [0, 0.1) is 17.2 Å². The molecule has 0 bridgehead atoms. The number of nitriles is 1. The molecule has 0 aliphatic rings. The maximum Gasteiger partial charge on any atom is 0.266 e. The van der Waals surface area contributed by atoms with E-state index in [1.54, 1.807) is 36.5 Å². The smallest absolute Gasteiger partial charge is 0.266 e. The molecule has 0 fully saturated rings. The number of carbonyl (C=O) groups excluding carboxylic acids is 1. The maximum absolute atomic E-state index is 12.6. The first-order valence-corrected chi connectivity index (χ1v) is 8.02. The number of benzene rings is 1. The van der Waals surface area contributed by atoms with Crippen molar-refractivity contribution >= 4 is 17.4 Å². The van der Waals surface area contributed by atoms with E-state index in [1.807, 2.05) is 38.9 Å². The Morgan fingerprint density at radius 2 is 1.96 bits per heavy atom. The summed E-state index contributed by atoms with van der Waals surface area (Å²) in [5.41, 5.74) is 1.34. The van der Waals surface area contributed by atoms with E-state index in [-0.39, 0.29) is 11.8 Å². The lowest BCUT2D eigenvalue weighted by atomic mass is 10.1. The van der Waals surface area contributed by atoms with Crippen LogP contribution in [0.25, 0.3) is 0 Å². The van der Waals surface area contributed by atoms with Crippen LogP contribution in [0.1, 0.15) is 19.4 Å². The fourth-order valence-corrected chi connectivity index (χ4v) is 2.21. The minimum atomic E-state index is -0.732. The standard InChI is InChI=1S/C19H22N4O2/c1-13(2)18(25-16-8-6-5-7-14(16)11-20)19(24)22-17-10-9-15(12-21-17)23(3)4/h5-10,12-13,18H,1-4H3,(H,21,22,24). The monoisotopic (exact) mass is 338 g/mol. The molecule has 0 radical (unpaired) electrons. The number of hydrogen-bond donors (Lipinski definition) is 1. The first kappa shape index (κ1) is 18.3. The molecule has 0 saturated heterocycles. The summed E-state index contributed by atoms with van der Waals surface area (Å²) in [6.07, 6.45) is 0.955. The van der Waals surface area contributed by atoms with Gasteiger partial charge < -0.3 is 15.0 Å².